The number of nitrogens with one attached hydrogen (secondary N) is 1. The van der Waals surface area contributed by atoms with E-state index in [1.165, 1.54) is 19.4 Å². The molecule has 5 heteroatoms. The van der Waals surface area contributed by atoms with E-state index in [2.05, 4.69) is 20.2 Å². The first-order valence-corrected chi connectivity index (χ1v) is 6.70. The van der Waals surface area contributed by atoms with Crippen molar-refractivity contribution in [1.29, 1.82) is 0 Å². The molecule has 2 aliphatic heterocycles. The third-order valence-electron chi connectivity index (χ3n) is 3.75. The molecule has 1 N–H and O–H groups in total. The van der Waals surface area contributed by atoms with E-state index in [1.807, 2.05) is 13.0 Å². The van der Waals surface area contributed by atoms with Crippen molar-refractivity contribution in [2.24, 2.45) is 0 Å². The fourth-order valence-electron chi connectivity index (χ4n) is 2.78. The van der Waals surface area contributed by atoms with Crippen LogP contribution < -0.4 is 5.32 Å². The van der Waals surface area contributed by atoms with Crippen LogP contribution in [0, 0.1) is 6.92 Å². The van der Waals surface area contributed by atoms with Crippen LogP contribution in [0.5, 0.6) is 0 Å². The average molecular weight is 248 g/mol. The summed E-state index contributed by atoms with van der Waals surface area (Å²) in [5.74, 6) is 1.68. The first-order valence-electron chi connectivity index (χ1n) is 6.70. The second-order valence-corrected chi connectivity index (χ2v) is 5.12. The van der Waals surface area contributed by atoms with Crippen LogP contribution >= 0.6 is 0 Å². The summed E-state index contributed by atoms with van der Waals surface area (Å²) < 4.78 is 5.90. The number of morpholine rings is 1. The largest absolute Gasteiger partial charge is 0.373 e. The smallest absolute Gasteiger partial charge is 0.129 e. The number of hydrogen-bond acceptors (Lipinski definition) is 5. The standard InChI is InChI=1S/C13H20N4O/c1-10-14-5-4-13(16-10)15-7-12-8-17-6-2-3-11(17)9-18-12/h4-5,11-12H,2-3,6-9H2,1H3,(H,14,15,16). The van der Waals surface area contributed by atoms with E-state index in [-0.39, 0.29) is 6.10 Å². The molecule has 1 aromatic rings. The van der Waals surface area contributed by atoms with E-state index in [0.717, 1.165) is 31.3 Å². The number of nitrogens with zero attached hydrogens (tertiary/aromatic N) is 3. The van der Waals surface area contributed by atoms with Crippen molar-refractivity contribution in [3.05, 3.63) is 18.1 Å². The van der Waals surface area contributed by atoms with Crippen molar-refractivity contribution in [3.8, 4) is 0 Å². The van der Waals surface area contributed by atoms with Crippen LogP contribution in [0.2, 0.25) is 0 Å². The van der Waals surface area contributed by atoms with Crippen LogP contribution in [0.3, 0.4) is 0 Å². The molecule has 0 bridgehead atoms. The zero-order valence-electron chi connectivity index (χ0n) is 10.8. The lowest BCUT2D eigenvalue weighted by atomic mass is 10.2. The van der Waals surface area contributed by atoms with Crippen LogP contribution in [-0.4, -0.2) is 53.3 Å². The van der Waals surface area contributed by atoms with Gasteiger partial charge < -0.3 is 10.1 Å². The minimum atomic E-state index is 0.273. The van der Waals surface area contributed by atoms with E-state index in [1.54, 1.807) is 6.20 Å². The molecule has 0 amide bonds. The van der Waals surface area contributed by atoms with Crippen molar-refractivity contribution in [3.63, 3.8) is 0 Å². The van der Waals surface area contributed by atoms with Gasteiger partial charge in [0.2, 0.25) is 0 Å². The number of rotatable bonds is 3. The number of aryl methyl sites for hydroxylation is 1. The second kappa shape index (κ2) is 5.20. The summed E-state index contributed by atoms with van der Waals surface area (Å²) >= 11 is 0. The summed E-state index contributed by atoms with van der Waals surface area (Å²) in [4.78, 5) is 11.0. The number of anilines is 1. The molecule has 2 aliphatic rings. The summed E-state index contributed by atoms with van der Waals surface area (Å²) in [7, 11) is 0. The highest BCUT2D eigenvalue weighted by Gasteiger charge is 2.31. The van der Waals surface area contributed by atoms with Gasteiger partial charge in [-0.2, -0.15) is 0 Å². The van der Waals surface area contributed by atoms with Gasteiger partial charge in [-0.3, -0.25) is 4.90 Å². The summed E-state index contributed by atoms with van der Waals surface area (Å²) in [5.41, 5.74) is 0. The van der Waals surface area contributed by atoms with Gasteiger partial charge in [-0.15, -0.1) is 0 Å². The van der Waals surface area contributed by atoms with Crippen molar-refractivity contribution < 1.29 is 4.74 Å². The van der Waals surface area contributed by atoms with E-state index >= 15 is 0 Å². The van der Waals surface area contributed by atoms with E-state index < -0.39 is 0 Å². The fourth-order valence-corrected chi connectivity index (χ4v) is 2.78. The van der Waals surface area contributed by atoms with Crippen LogP contribution in [-0.2, 0) is 4.74 Å². The topological polar surface area (TPSA) is 50.3 Å². The molecule has 18 heavy (non-hydrogen) atoms. The number of ether oxygens (including phenoxy) is 1. The Bertz CT molecular complexity index is 412. The Kier molecular flexibility index (Phi) is 3.43. The molecule has 0 spiro atoms. The van der Waals surface area contributed by atoms with Crippen LogP contribution in [0.4, 0.5) is 5.82 Å². The lowest BCUT2D eigenvalue weighted by molar-refractivity contribution is -0.0416. The normalized spacial score (nSPS) is 28.1. The molecule has 2 unspecified atom stereocenters. The molecule has 2 fully saturated rings. The van der Waals surface area contributed by atoms with Gasteiger partial charge in [0, 0.05) is 25.3 Å². The molecule has 1 aromatic heterocycles. The maximum absolute atomic E-state index is 5.90. The molecule has 0 saturated carbocycles. The molecule has 3 heterocycles. The maximum atomic E-state index is 5.90. The Morgan fingerprint density at radius 3 is 3.39 bits per heavy atom. The second-order valence-electron chi connectivity index (χ2n) is 5.12. The SMILES string of the molecule is Cc1nccc(NCC2CN3CCCC3CO2)n1. The summed E-state index contributed by atoms with van der Waals surface area (Å²) in [6, 6.07) is 2.57. The monoisotopic (exact) mass is 248 g/mol. The average Bonchev–Trinajstić information content (AvgIpc) is 2.84. The van der Waals surface area contributed by atoms with Crippen molar-refractivity contribution >= 4 is 5.82 Å². The molecular formula is C13H20N4O. The van der Waals surface area contributed by atoms with Crippen molar-refractivity contribution in [1.82, 2.24) is 14.9 Å². The highest BCUT2D eigenvalue weighted by Crippen LogP contribution is 2.22. The predicted octanol–water partition coefficient (Wildman–Crippen LogP) is 1.06. The van der Waals surface area contributed by atoms with Gasteiger partial charge in [0.15, 0.2) is 0 Å². The van der Waals surface area contributed by atoms with E-state index in [4.69, 9.17) is 4.74 Å². The van der Waals surface area contributed by atoms with Gasteiger partial charge in [0.1, 0.15) is 11.6 Å². The fraction of sp³-hybridized carbons (Fsp3) is 0.692. The Labute approximate surface area is 108 Å². The predicted molar refractivity (Wildman–Crippen MR) is 69.6 cm³/mol. The maximum Gasteiger partial charge on any atom is 0.129 e. The van der Waals surface area contributed by atoms with Crippen molar-refractivity contribution in [2.45, 2.75) is 31.9 Å². The third kappa shape index (κ3) is 2.62. The van der Waals surface area contributed by atoms with Gasteiger partial charge in [-0.05, 0) is 32.4 Å². The van der Waals surface area contributed by atoms with Gasteiger partial charge >= 0.3 is 0 Å². The van der Waals surface area contributed by atoms with Crippen LogP contribution in [0.1, 0.15) is 18.7 Å². The van der Waals surface area contributed by atoms with Gasteiger partial charge in [-0.1, -0.05) is 0 Å². The molecular weight excluding hydrogens is 228 g/mol. The summed E-state index contributed by atoms with van der Waals surface area (Å²) in [5, 5.41) is 3.33. The minimum absolute atomic E-state index is 0.273. The number of aromatic nitrogens is 2. The van der Waals surface area contributed by atoms with Crippen molar-refractivity contribution in [2.75, 3.05) is 31.6 Å². The molecule has 5 nitrogen and oxygen atoms in total. The highest BCUT2D eigenvalue weighted by atomic mass is 16.5. The lowest BCUT2D eigenvalue weighted by Crippen LogP contribution is -2.48. The Morgan fingerprint density at radius 1 is 1.56 bits per heavy atom. The molecule has 3 rings (SSSR count). The molecule has 0 aromatic carbocycles. The van der Waals surface area contributed by atoms with Crippen LogP contribution in [0.25, 0.3) is 0 Å². The Balaban J connectivity index is 1.51. The number of fused-ring (bicyclic) bond motifs is 1. The quantitative estimate of drug-likeness (QED) is 0.867. The van der Waals surface area contributed by atoms with Gasteiger partial charge in [0.25, 0.3) is 0 Å². The van der Waals surface area contributed by atoms with E-state index in [0.29, 0.717) is 6.04 Å². The third-order valence-corrected chi connectivity index (χ3v) is 3.75. The van der Waals surface area contributed by atoms with Crippen LogP contribution in [0.15, 0.2) is 12.3 Å². The van der Waals surface area contributed by atoms with Gasteiger partial charge in [0.05, 0.1) is 12.7 Å². The zero-order valence-corrected chi connectivity index (χ0v) is 10.8. The number of hydrogen-bond donors (Lipinski definition) is 1. The lowest BCUT2D eigenvalue weighted by Gasteiger charge is -2.35. The zero-order chi connectivity index (χ0) is 12.4. The summed E-state index contributed by atoms with van der Waals surface area (Å²) in [6.07, 6.45) is 4.67. The van der Waals surface area contributed by atoms with E-state index in [9.17, 15) is 0 Å². The molecule has 98 valence electrons. The van der Waals surface area contributed by atoms with Gasteiger partial charge in [-0.25, -0.2) is 9.97 Å². The Hall–Kier alpha value is -1.20. The first-order chi connectivity index (χ1) is 8.81. The highest BCUT2D eigenvalue weighted by molar-refractivity contribution is 5.32. The molecule has 0 radical (unpaired) electrons. The molecule has 0 aliphatic carbocycles. The molecule has 2 saturated heterocycles. The summed E-state index contributed by atoms with van der Waals surface area (Å²) in [6.45, 7) is 5.88. The minimum Gasteiger partial charge on any atom is -0.373 e. The molecule has 2 atom stereocenters. The first kappa shape index (κ1) is 11.9. The Morgan fingerprint density at radius 2 is 2.50 bits per heavy atom.